The Bertz CT molecular complexity index is 2310. The van der Waals surface area contributed by atoms with E-state index in [0.29, 0.717) is 36.5 Å². The molecule has 3 aromatic heterocycles. The second-order valence-corrected chi connectivity index (χ2v) is 13.1. The second-order valence-electron chi connectivity index (χ2n) is 10.7. The number of nitrogens with one attached hydrogen (secondary N) is 2. The lowest BCUT2D eigenvalue weighted by Gasteiger charge is -2.33. The normalized spacial score (nSPS) is 15.3. The molecule has 4 heterocycles. The van der Waals surface area contributed by atoms with Gasteiger partial charge in [0.15, 0.2) is 11.6 Å². The van der Waals surface area contributed by atoms with Crippen LogP contribution in [0.15, 0.2) is 78.2 Å². The van der Waals surface area contributed by atoms with Crippen LogP contribution >= 0.6 is 23.2 Å². The van der Waals surface area contributed by atoms with Crippen molar-refractivity contribution in [1.82, 2.24) is 24.5 Å². The molecular formula is C31H24Cl2F2N8O4S. The fourth-order valence-electron chi connectivity index (χ4n) is 5.42. The van der Waals surface area contributed by atoms with Crippen LogP contribution in [0.1, 0.15) is 0 Å². The lowest BCUT2D eigenvalue weighted by atomic mass is 10.2. The molecule has 12 nitrogen and oxygen atoms in total. The lowest BCUT2D eigenvalue weighted by molar-refractivity contribution is 0.00363. The molecule has 1 fully saturated rings. The maximum Gasteiger partial charge on any atom is 0.263 e. The number of anilines is 4. The topological polar surface area (TPSA) is 147 Å². The molecule has 0 bridgehead atoms. The molecule has 17 heteroatoms. The summed E-state index contributed by atoms with van der Waals surface area (Å²) in [6.07, 6.45) is 2.52. The summed E-state index contributed by atoms with van der Waals surface area (Å²) in [6.45, 7) is 1.52. The third-order valence-electron chi connectivity index (χ3n) is 7.74. The van der Waals surface area contributed by atoms with Crippen molar-refractivity contribution in [2.75, 3.05) is 41.2 Å². The lowest BCUT2D eigenvalue weighted by Crippen LogP contribution is -2.44. The Hall–Kier alpha value is -4.67. The quantitative estimate of drug-likeness (QED) is 0.180. The minimum absolute atomic E-state index is 0.0126. The molecule has 0 spiro atoms. The first kappa shape index (κ1) is 31.9. The van der Waals surface area contributed by atoms with Gasteiger partial charge in [0.25, 0.3) is 10.0 Å². The number of benzene rings is 3. The highest BCUT2D eigenvalue weighted by atomic mass is 35.5. The minimum atomic E-state index is -4.41. The maximum atomic E-state index is 15.8. The largest absolute Gasteiger partial charge is 0.394 e. The predicted octanol–water partition coefficient (Wildman–Crippen LogP) is 5.69. The van der Waals surface area contributed by atoms with E-state index in [0.717, 1.165) is 23.3 Å². The van der Waals surface area contributed by atoms with Crippen molar-refractivity contribution in [3.8, 4) is 5.82 Å². The summed E-state index contributed by atoms with van der Waals surface area (Å²) in [7, 11) is -4.41. The van der Waals surface area contributed by atoms with E-state index in [1.165, 1.54) is 24.5 Å². The molecule has 0 saturated carbocycles. The molecule has 0 unspecified atom stereocenters. The molecular weight excluding hydrogens is 689 g/mol. The number of para-hydroxylation sites is 1. The summed E-state index contributed by atoms with van der Waals surface area (Å²) in [4.78, 5) is 19.5. The van der Waals surface area contributed by atoms with Crippen LogP contribution in [0.5, 0.6) is 0 Å². The Morgan fingerprint density at radius 3 is 2.67 bits per heavy atom. The summed E-state index contributed by atoms with van der Waals surface area (Å²) >= 11 is 12.0. The number of aromatic nitrogens is 5. The zero-order chi connectivity index (χ0) is 33.6. The fourth-order valence-corrected chi connectivity index (χ4v) is 7.24. The average molecular weight is 714 g/mol. The Morgan fingerprint density at radius 2 is 1.83 bits per heavy atom. The summed E-state index contributed by atoms with van der Waals surface area (Å²) < 4.78 is 66.4. The number of pyridine rings is 1. The number of ether oxygens (including phenoxy) is 1. The first-order chi connectivity index (χ1) is 23.1. The van der Waals surface area contributed by atoms with Crippen LogP contribution in [-0.4, -0.2) is 70.4 Å². The number of imidazole rings is 1. The highest BCUT2D eigenvalue weighted by Gasteiger charge is 2.25. The Kier molecular flexibility index (Phi) is 8.47. The molecule has 3 aromatic carbocycles. The third-order valence-corrected chi connectivity index (χ3v) is 10.1. The Morgan fingerprint density at radius 1 is 1.00 bits per heavy atom. The zero-order valence-corrected chi connectivity index (χ0v) is 26.9. The van der Waals surface area contributed by atoms with Crippen molar-refractivity contribution in [3.05, 3.63) is 95.0 Å². The number of hydrogen-bond donors (Lipinski definition) is 3. The predicted molar refractivity (Wildman–Crippen MR) is 178 cm³/mol. The molecule has 1 aliphatic rings. The van der Waals surface area contributed by atoms with Gasteiger partial charge in [-0.25, -0.2) is 37.1 Å². The van der Waals surface area contributed by atoms with Gasteiger partial charge in [-0.3, -0.25) is 9.29 Å². The molecule has 246 valence electrons. The number of aliphatic hydroxyl groups is 1. The zero-order valence-electron chi connectivity index (χ0n) is 24.6. The average Bonchev–Trinajstić information content (AvgIpc) is 3.53. The van der Waals surface area contributed by atoms with Crippen LogP contribution in [0.25, 0.3) is 27.9 Å². The monoisotopic (exact) mass is 712 g/mol. The number of aliphatic hydroxyl groups excluding tert-OH is 1. The fraction of sp³-hybridized carbons (Fsp3) is 0.161. The summed E-state index contributed by atoms with van der Waals surface area (Å²) in [6, 6.07) is 15.0. The van der Waals surface area contributed by atoms with Gasteiger partial charge in [-0.1, -0.05) is 35.3 Å². The van der Waals surface area contributed by atoms with E-state index in [1.54, 1.807) is 23.0 Å². The van der Waals surface area contributed by atoms with E-state index in [2.05, 4.69) is 29.9 Å². The van der Waals surface area contributed by atoms with Gasteiger partial charge in [0.05, 0.1) is 51.8 Å². The Labute approximate surface area is 282 Å². The van der Waals surface area contributed by atoms with Crippen LogP contribution in [-0.2, 0) is 14.8 Å². The SMILES string of the molecule is O=S(=O)(Nc1ccc(F)c(Nc2ncnc3ccc(-n4cnc5c(N6CCO[C@H](CO)C6)cccc54)nc23)c1F)c1cccc(Cl)c1Cl. The second kappa shape index (κ2) is 12.7. The van der Waals surface area contributed by atoms with Crippen molar-refractivity contribution < 1.29 is 27.0 Å². The summed E-state index contributed by atoms with van der Waals surface area (Å²) in [5, 5.41) is 12.0. The maximum absolute atomic E-state index is 15.8. The van der Waals surface area contributed by atoms with Crippen molar-refractivity contribution in [2.45, 2.75) is 11.0 Å². The van der Waals surface area contributed by atoms with E-state index in [4.69, 9.17) is 32.9 Å². The van der Waals surface area contributed by atoms with Crippen LogP contribution in [0.4, 0.5) is 31.7 Å². The summed E-state index contributed by atoms with van der Waals surface area (Å²) in [5.74, 6) is -1.86. The molecule has 1 saturated heterocycles. The van der Waals surface area contributed by atoms with Gasteiger partial charge in [0.2, 0.25) is 0 Å². The Balaban J connectivity index is 1.23. The molecule has 0 aliphatic carbocycles. The molecule has 48 heavy (non-hydrogen) atoms. The molecule has 0 radical (unpaired) electrons. The minimum Gasteiger partial charge on any atom is -0.394 e. The van der Waals surface area contributed by atoms with E-state index < -0.39 is 33.0 Å². The highest BCUT2D eigenvalue weighted by Crippen LogP contribution is 2.35. The molecule has 6 aromatic rings. The number of halogens is 4. The van der Waals surface area contributed by atoms with Crippen LogP contribution in [0, 0.1) is 11.6 Å². The smallest absolute Gasteiger partial charge is 0.263 e. The van der Waals surface area contributed by atoms with Gasteiger partial charge in [-0.15, -0.1) is 0 Å². The molecule has 1 atom stereocenters. The van der Waals surface area contributed by atoms with Gasteiger partial charge in [-0.05, 0) is 48.5 Å². The van der Waals surface area contributed by atoms with Gasteiger partial charge in [-0.2, -0.15) is 0 Å². The third kappa shape index (κ3) is 5.84. The van der Waals surface area contributed by atoms with Crippen molar-refractivity contribution in [3.63, 3.8) is 0 Å². The standard InChI is InChI=1S/C31H24Cl2F2N8O4S/c32-18-3-1-6-24(26(18)33)48(45,46)41-20-8-7-19(34)28(27(20)35)40-31-29-21(36-15-37-31)9-10-25(39-29)43-16-38-30-22(4-2-5-23(30)43)42-11-12-47-17(13-42)14-44/h1-10,15-17,41,44H,11-14H2,(H,36,37,40)/t17-/m0/s1. The first-order valence-electron chi connectivity index (χ1n) is 14.4. The van der Waals surface area contributed by atoms with Crippen molar-refractivity contribution in [2.24, 2.45) is 0 Å². The number of rotatable bonds is 8. The van der Waals surface area contributed by atoms with Gasteiger partial charge < -0.3 is 20.1 Å². The van der Waals surface area contributed by atoms with Crippen LogP contribution in [0.2, 0.25) is 10.0 Å². The van der Waals surface area contributed by atoms with Crippen molar-refractivity contribution in [1.29, 1.82) is 0 Å². The molecule has 3 N–H and O–H groups in total. The number of sulfonamides is 1. The van der Waals surface area contributed by atoms with E-state index in [-0.39, 0.29) is 39.0 Å². The van der Waals surface area contributed by atoms with Gasteiger partial charge in [0.1, 0.15) is 45.9 Å². The van der Waals surface area contributed by atoms with E-state index in [9.17, 15) is 13.5 Å². The number of nitrogens with zero attached hydrogens (tertiary/aromatic N) is 6. The first-order valence-corrected chi connectivity index (χ1v) is 16.7. The highest BCUT2D eigenvalue weighted by molar-refractivity contribution is 7.92. The van der Waals surface area contributed by atoms with Crippen molar-refractivity contribution >= 4 is 78.2 Å². The van der Waals surface area contributed by atoms with Gasteiger partial charge >= 0.3 is 0 Å². The van der Waals surface area contributed by atoms with Crippen LogP contribution < -0.4 is 14.9 Å². The number of morpholine rings is 1. The summed E-state index contributed by atoms with van der Waals surface area (Å²) in [5.41, 5.74) is 1.66. The van der Waals surface area contributed by atoms with Gasteiger partial charge in [0, 0.05) is 13.1 Å². The number of hydrogen-bond acceptors (Lipinski definition) is 10. The van der Waals surface area contributed by atoms with Crippen LogP contribution in [0.3, 0.4) is 0 Å². The van der Waals surface area contributed by atoms with E-state index >= 15 is 8.78 Å². The molecule has 7 rings (SSSR count). The number of fused-ring (bicyclic) bond motifs is 2. The molecule has 0 amide bonds. The molecule has 1 aliphatic heterocycles. The van der Waals surface area contributed by atoms with E-state index in [1.807, 2.05) is 18.2 Å².